The maximum Gasteiger partial charge on any atom is 0.241 e. The van der Waals surface area contributed by atoms with Gasteiger partial charge in [0.25, 0.3) is 0 Å². The van der Waals surface area contributed by atoms with Gasteiger partial charge in [-0.3, -0.25) is 0 Å². The second-order valence-corrected chi connectivity index (χ2v) is 8.91. The molecule has 2 aliphatic rings. The summed E-state index contributed by atoms with van der Waals surface area (Å²) in [6, 6.07) is 3.23. The number of halogens is 1. The van der Waals surface area contributed by atoms with E-state index in [4.69, 9.17) is 21.1 Å². The van der Waals surface area contributed by atoms with E-state index in [1.807, 2.05) is 6.92 Å². The third-order valence-corrected chi connectivity index (χ3v) is 7.03. The molecule has 5 nitrogen and oxygen atoms in total. The Bertz CT molecular complexity index is 708. The lowest BCUT2D eigenvalue weighted by molar-refractivity contribution is -0.138. The minimum Gasteiger partial charge on any atom is -0.381 e. The van der Waals surface area contributed by atoms with E-state index in [2.05, 4.69) is 4.72 Å². The van der Waals surface area contributed by atoms with E-state index in [0.717, 1.165) is 18.4 Å². The zero-order valence-electron chi connectivity index (χ0n) is 14.1. The summed E-state index contributed by atoms with van der Waals surface area (Å²) in [6.07, 6.45) is 3.03. The van der Waals surface area contributed by atoms with Crippen molar-refractivity contribution in [2.75, 3.05) is 19.8 Å². The van der Waals surface area contributed by atoms with Crippen LogP contribution in [0.3, 0.4) is 0 Å². The number of rotatable bonds is 3. The largest absolute Gasteiger partial charge is 0.381 e. The highest BCUT2D eigenvalue weighted by Crippen LogP contribution is 2.35. The first-order chi connectivity index (χ1) is 11.3. The van der Waals surface area contributed by atoms with Gasteiger partial charge in [0.1, 0.15) is 0 Å². The van der Waals surface area contributed by atoms with Crippen molar-refractivity contribution in [2.45, 2.75) is 56.1 Å². The van der Waals surface area contributed by atoms with Crippen molar-refractivity contribution in [2.24, 2.45) is 0 Å². The number of ether oxygens (including phenoxy) is 2. The summed E-state index contributed by atoms with van der Waals surface area (Å²) in [5, 5.41) is 0.582. The molecule has 24 heavy (non-hydrogen) atoms. The summed E-state index contributed by atoms with van der Waals surface area (Å²) in [5.74, 6) is 0. The first kappa shape index (κ1) is 18.1. The molecule has 1 atom stereocenters. The molecular formula is C17H24ClNO4S. The molecule has 1 aromatic carbocycles. The molecule has 3 rings (SSSR count). The van der Waals surface area contributed by atoms with Crippen molar-refractivity contribution in [1.82, 2.24) is 4.72 Å². The molecule has 0 saturated carbocycles. The Morgan fingerprint density at radius 3 is 2.58 bits per heavy atom. The van der Waals surface area contributed by atoms with Crippen molar-refractivity contribution in [1.29, 1.82) is 0 Å². The van der Waals surface area contributed by atoms with Crippen molar-refractivity contribution < 1.29 is 17.9 Å². The number of nitrogens with one attached hydrogen (secondary N) is 1. The Morgan fingerprint density at radius 1 is 1.17 bits per heavy atom. The molecule has 0 radical (unpaired) electrons. The minimum absolute atomic E-state index is 0.114. The van der Waals surface area contributed by atoms with E-state index >= 15 is 0 Å². The monoisotopic (exact) mass is 373 g/mol. The number of sulfonamides is 1. The highest BCUT2D eigenvalue weighted by molar-refractivity contribution is 7.89. The Labute approximate surface area is 148 Å². The van der Waals surface area contributed by atoms with E-state index in [1.54, 1.807) is 19.1 Å². The fourth-order valence-electron chi connectivity index (χ4n) is 3.55. The molecule has 1 spiro atoms. The molecule has 7 heteroatoms. The Balaban J connectivity index is 1.78. The van der Waals surface area contributed by atoms with Crippen LogP contribution in [0.25, 0.3) is 0 Å². The maximum atomic E-state index is 12.8. The van der Waals surface area contributed by atoms with Gasteiger partial charge in [-0.25, -0.2) is 13.1 Å². The molecule has 2 fully saturated rings. The van der Waals surface area contributed by atoms with E-state index in [0.29, 0.717) is 48.1 Å². The van der Waals surface area contributed by atoms with Crippen molar-refractivity contribution in [3.8, 4) is 0 Å². The molecule has 1 N–H and O–H groups in total. The summed E-state index contributed by atoms with van der Waals surface area (Å²) >= 11 is 6.08. The van der Waals surface area contributed by atoms with Gasteiger partial charge >= 0.3 is 0 Å². The van der Waals surface area contributed by atoms with Crippen LogP contribution in [0.5, 0.6) is 0 Å². The van der Waals surface area contributed by atoms with Gasteiger partial charge in [-0.05, 0) is 62.8 Å². The third-order valence-electron chi connectivity index (χ3n) is 4.96. The molecule has 0 unspecified atom stereocenters. The SMILES string of the molecule is Cc1cc(S(=O)(=O)N[C@@H]2CCOC3(CCOCC3)C2)c(C)cc1Cl. The van der Waals surface area contributed by atoms with E-state index in [-0.39, 0.29) is 11.6 Å². The number of hydrogen-bond acceptors (Lipinski definition) is 4. The Hall–Kier alpha value is -0.660. The summed E-state index contributed by atoms with van der Waals surface area (Å²) in [7, 11) is -3.58. The lowest BCUT2D eigenvalue weighted by Crippen LogP contribution is -2.51. The molecule has 1 aromatic rings. The predicted molar refractivity (Wildman–Crippen MR) is 93.0 cm³/mol. The molecule has 0 aliphatic carbocycles. The van der Waals surface area contributed by atoms with Gasteiger partial charge in [-0.15, -0.1) is 0 Å². The van der Waals surface area contributed by atoms with E-state index in [1.165, 1.54) is 0 Å². The average molecular weight is 374 g/mol. The first-order valence-electron chi connectivity index (χ1n) is 8.32. The molecule has 2 saturated heterocycles. The zero-order chi connectivity index (χ0) is 17.4. The van der Waals surface area contributed by atoms with E-state index < -0.39 is 10.0 Å². The second-order valence-electron chi connectivity index (χ2n) is 6.82. The van der Waals surface area contributed by atoms with Crippen LogP contribution in [-0.2, 0) is 19.5 Å². The lowest BCUT2D eigenvalue weighted by Gasteiger charge is -2.43. The number of benzene rings is 1. The highest BCUT2D eigenvalue weighted by Gasteiger charge is 2.40. The summed E-state index contributed by atoms with van der Waals surface area (Å²) in [4.78, 5) is 0.303. The predicted octanol–water partition coefficient (Wildman–Crippen LogP) is 2.96. The van der Waals surface area contributed by atoms with Gasteiger partial charge in [0.15, 0.2) is 0 Å². The normalized spacial score (nSPS) is 24.2. The van der Waals surface area contributed by atoms with Crippen LogP contribution in [0.4, 0.5) is 0 Å². The average Bonchev–Trinajstić information content (AvgIpc) is 2.51. The second kappa shape index (κ2) is 6.92. The molecule has 0 bridgehead atoms. The van der Waals surface area contributed by atoms with Crippen LogP contribution in [-0.4, -0.2) is 39.9 Å². The van der Waals surface area contributed by atoms with Crippen molar-refractivity contribution >= 4 is 21.6 Å². The van der Waals surface area contributed by atoms with Gasteiger partial charge in [-0.1, -0.05) is 11.6 Å². The smallest absolute Gasteiger partial charge is 0.241 e. The maximum absolute atomic E-state index is 12.8. The number of aryl methyl sites for hydroxylation is 2. The standard InChI is InChI=1S/C17H24ClNO4S/c1-12-10-16(13(2)9-15(12)18)24(20,21)19-14-3-6-23-17(11-14)4-7-22-8-5-17/h9-10,14,19H,3-8,11H2,1-2H3/t14-/m1/s1. The molecule has 0 amide bonds. The first-order valence-corrected chi connectivity index (χ1v) is 10.2. The van der Waals surface area contributed by atoms with Crippen molar-refractivity contribution in [3.63, 3.8) is 0 Å². The van der Waals surface area contributed by atoms with Gasteiger partial charge < -0.3 is 9.47 Å². The Kier molecular flexibility index (Phi) is 5.23. The molecule has 2 heterocycles. The Morgan fingerprint density at radius 2 is 1.88 bits per heavy atom. The van der Waals surface area contributed by atoms with Gasteiger partial charge in [-0.2, -0.15) is 0 Å². The lowest BCUT2D eigenvalue weighted by atomic mass is 9.84. The fourth-order valence-corrected chi connectivity index (χ4v) is 5.35. The van der Waals surface area contributed by atoms with Crippen LogP contribution >= 0.6 is 11.6 Å². The van der Waals surface area contributed by atoms with Crippen LogP contribution in [0.2, 0.25) is 5.02 Å². The topological polar surface area (TPSA) is 64.6 Å². The van der Waals surface area contributed by atoms with Crippen LogP contribution < -0.4 is 4.72 Å². The van der Waals surface area contributed by atoms with Crippen LogP contribution in [0.1, 0.15) is 36.8 Å². The fraction of sp³-hybridized carbons (Fsp3) is 0.647. The van der Waals surface area contributed by atoms with Crippen molar-refractivity contribution in [3.05, 3.63) is 28.3 Å². The van der Waals surface area contributed by atoms with Gasteiger partial charge in [0.2, 0.25) is 10.0 Å². The zero-order valence-corrected chi connectivity index (χ0v) is 15.7. The number of hydrogen-bond donors (Lipinski definition) is 1. The quantitative estimate of drug-likeness (QED) is 0.884. The molecule has 134 valence electrons. The van der Waals surface area contributed by atoms with E-state index in [9.17, 15) is 8.42 Å². The van der Waals surface area contributed by atoms with Crippen LogP contribution in [0.15, 0.2) is 17.0 Å². The molecular weight excluding hydrogens is 350 g/mol. The third kappa shape index (κ3) is 3.78. The van der Waals surface area contributed by atoms with Gasteiger partial charge in [0, 0.05) is 30.9 Å². The highest BCUT2D eigenvalue weighted by atomic mass is 35.5. The molecule has 2 aliphatic heterocycles. The summed E-state index contributed by atoms with van der Waals surface area (Å²) in [6.45, 7) is 5.51. The van der Waals surface area contributed by atoms with Crippen LogP contribution in [0, 0.1) is 13.8 Å². The summed E-state index contributed by atoms with van der Waals surface area (Å²) < 4.78 is 39.9. The summed E-state index contributed by atoms with van der Waals surface area (Å²) in [5.41, 5.74) is 1.18. The van der Waals surface area contributed by atoms with Gasteiger partial charge in [0.05, 0.1) is 10.5 Å². The molecule has 0 aromatic heterocycles. The minimum atomic E-state index is -3.58.